The molecular formula is C22H28N2O3. The van der Waals surface area contributed by atoms with E-state index in [0.29, 0.717) is 19.4 Å². The first-order valence-electron chi connectivity index (χ1n) is 9.57. The van der Waals surface area contributed by atoms with E-state index in [-0.39, 0.29) is 5.91 Å². The van der Waals surface area contributed by atoms with Gasteiger partial charge in [0.15, 0.2) is 0 Å². The summed E-state index contributed by atoms with van der Waals surface area (Å²) >= 11 is 0. The second kappa shape index (κ2) is 10.1. The van der Waals surface area contributed by atoms with Crippen molar-refractivity contribution in [3.63, 3.8) is 0 Å². The Hall–Kier alpha value is -2.37. The lowest BCUT2D eigenvalue weighted by Crippen LogP contribution is -2.35. The zero-order chi connectivity index (χ0) is 18.9. The first-order valence-corrected chi connectivity index (χ1v) is 9.57. The number of anilines is 1. The van der Waals surface area contributed by atoms with Crippen molar-refractivity contribution in [2.75, 3.05) is 38.2 Å². The Morgan fingerprint density at radius 1 is 1.07 bits per heavy atom. The van der Waals surface area contributed by atoms with Gasteiger partial charge in [0.05, 0.1) is 19.8 Å². The zero-order valence-electron chi connectivity index (χ0n) is 15.9. The molecule has 1 fully saturated rings. The van der Waals surface area contributed by atoms with Crippen LogP contribution in [0.25, 0.3) is 0 Å². The average Bonchev–Trinajstić information content (AvgIpc) is 2.69. The van der Waals surface area contributed by atoms with E-state index in [9.17, 15) is 4.79 Å². The van der Waals surface area contributed by atoms with Crippen molar-refractivity contribution in [1.82, 2.24) is 4.90 Å². The Kier molecular flexibility index (Phi) is 7.25. The molecule has 1 aliphatic rings. The molecule has 1 amide bonds. The van der Waals surface area contributed by atoms with Crippen LogP contribution in [0.3, 0.4) is 0 Å². The smallest absolute Gasteiger partial charge is 0.224 e. The number of aryl methyl sites for hydroxylation is 1. The summed E-state index contributed by atoms with van der Waals surface area (Å²) in [5.74, 6) is 0.861. The van der Waals surface area contributed by atoms with Crippen molar-refractivity contribution in [3.8, 4) is 5.75 Å². The molecule has 0 atom stereocenters. The van der Waals surface area contributed by atoms with E-state index in [4.69, 9.17) is 9.47 Å². The van der Waals surface area contributed by atoms with Crippen molar-refractivity contribution in [2.45, 2.75) is 26.3 Å². The molecule has 144 valence electrons. The van der Waals surface area contributed by atoms with E-state index in [0.717, 1.165) is 44.3 Å². The molecule has 0 unspecified atom stereocenters. The molecule has 0 radical (unpaired) electrons. The molecule has 1 heterocycles. The van der Waals surface area contributed by atoms with Gasteiger partial charge in [0, 0.05) is 31.7 Å². The van der Waals surface area contributed by atoms with Crippen LogP contribution in [0.4, 0.5) is 5.69 Å². The third-order valence-corrected chi connectivity index (χ3v) is 4.59. The second-order valence-electron chi connectivity index (χ2n) is 6.90. The summed E-state index contributed by atoms with van der Waals surface area (Å²) in [7, 11) is 0. The number of hydrogen-bond acceptors (Lipinski definition) is 4. The molecule has 27 heavy (non-hydrogen) atoms. The largest absolute Gasteiger partial charge is 0.494 e. The van der Waals surface area contributed by atoms with Gasteiger partial charge in [0.1, 0.15) is 5.75 Å². The van der Waals surface area contributed by atoms with E-state index in [1.54, 1.807) is 0 Å². The molecule has 5 nitrogen and oxygen atoms in total. The Morgan fingerprint density at radius 3 is 2.48 bits per heavy atom. The molecule has 2 aromatic rings. The number of carbonyl (C=O) groups excluding carboxylic acids is 1. The van der Waals surface area contributed by atoms with E-state index < -0.39 is 0 Å². The number of nitrogens with one attached hydrogen (secondary N) is 1. The highest BCUT2D eigenvalue weighted by molar-refractivity contribution is 5.90. The molecule has 0 aliphatic carbocycles. The van der Waals surface area contributed by atoms with E-state index >= 15 is 0 Å². The molecule has 3 rings (SSSR count). The van der Waals surface area contributed by atoms with Crippen molar-refractivity contribution in [1.29, 1.82) is 0 Å². The summed E-state index contributed by atoms with van der Waals surface area (Å²) in [5.41, 5.74) is 3.30. The van der Waals surface area contributed by atoms with E-state index in [1.807, 2.05) is 43.3 Å². The van der Waals surface area contributed by atoms with Gasteiger partial charge >= 0.3 is 0 Å². The van der Waals surface area contributed by atoms with Gasteiger partial charge < -0.3 is 14.8 Å². The molecular weight excluding hydrogens is 340 g/mol. The lowest BCUT2D eigenvalue weighted by atomic mass is 10.2. The molecule has 0 saturated carbocycles. The summed E-state index contributed by atoms with van der Waals surface area (Å²) in [5, 5.41) is 2.95. The second-order valence-corrected chi connectivity index (χ2v) is 6.90. The zero-order valence-corrected chi connectivity index (χ0v) is 15.9. The first-order chi connectivity index (χ1) is 13.2. The molecule has 0 bridgehead atoms. The van der Waals surface area contributed by atoms with E-state index in [2.05, 4.69) is 22.3 Å². The van der Waals surface area contributed by atoms with Gasteiger partial charge in [-0.2, -0.15) is 0 Å². The highest BCUT2D eigenvalue weighted by atomic mass is 16.5. The minimum atomic E-state index is 0.0171. The highest BCUT2D eigenvalue weighted by Gasteiger charge is 2.10. The van der Waals surface area contributed by atoms with Crippen LogP contribution in [0.15, 0.2) is 48.5 Å². The maximum Gasteiger partial charge on any atom is 0.224 e. The number of amides is 1. The monoisotopic (exact) mass is 368 g/mol. The van der Waals surface area contributed by atoms with Gasteiger partial charge in [-0.3, -0.25) is 9.69 Å². The normalized spacial score (nSPS) is 14.7. The fourth-order valence-electron chi connectivity index (χ4n) is 2.99. The Balaban J connectivity index is 1.35. The van der Waals surface area contributed by atoms with Crippen LogP contribution in [-0.2, 0) is 16.1 Å². The Labute approximate surface area is 161 Å². The third-order valence-electron chi connectivity index (χ3n) is 4.59. The number of nitrogens with zero attached hydrogens (tertiary/aromatic N) is 1. The predicted octanol–water partition coefficient (Wildman–Crippen LogP) is 3.62. The van der Waals surface area contributed by atoms with Crippen molar-refractivity contribution < 1.29 is 14.3 Å². The van der Waals surface area contributed by atoms with Gasteiger partial charge in [-0.25, -0.2) is 0 Å². The minimum absolute atomic E-state index is 0.0171. The van der Waals surface area contributed by atoms with Crippen molar-refractivity contribution in [2.24, 2.45) is 0 Å². The predicted molar refractivity (Wildman–Crippen MR) is 107 cm³/mol. The van der Waals surface area contributed by atoms with Crippen LogP contribution in [0, 0.1) is 6.92 Å². The van der Waals surface area contributed by atoms with E-state index in [1.165, 1.54) is 11.1 Å². The maximum absolute atomic E-state index is 12.1. The number of morpholine rings is 1. The average molecular weight is 368 g/mol. The van der Waals surface area contributed by atoms with Crippen LogP contribution in [-0.4, -0.2) is 43.7 Å². The minimum Gasteiger partial charge on any atom is -0.494 e. The fraction of sp³-hybridized carbons (Fsp3) is 0.409. The summed E-state index contributed by atoms with van der Waals surface area (Å²) in [6.07, 6.45) is 1.14. The van der Waals surface area contributed by atoms with Crippen molar-refractivity contribution in [3.05, 3.63) is 59.7 Å². The summed E-state index contributed by atoms with van der Waals surface area (Å²) < 4.78 is 11.0. The maximum atomic E-state index is 12.1. The fourth-order valence-corrected chi connectivity index (χ4v) is 2.99. The van der Waals surface area contributed by atoms with Gasteiger partial charge in [-0.1, -0.05) is 29.8 Å². The molecule has 0 spiro atoms. The van der Waals surface area contributed by atoms with Gasteiger partial charge in [-0.05, 0) is 43.2 Å². The third kappa shape index (κ3) is 6.70. The van der Waals surface area contributed by atoms with Crippen LogP contribution in [0.1, 0.15) is 24.0 Å². The number of hydrogen-bond donors (Lipinski definition) is 1. The van der Waals surface area contributed by atoms with Gasteiger partial charge in [0.25, 0.3) is 0 Å². The molecule has 1 saturated heterocycles. The standard InChI is InChI=1S/C22H28N2O3/c1-18-4-10-21(11-5-18)27-14-2-3-22(25)23-20-8-6-19(7-9-20)17-24-12-15-26-16-13-24/h4-11H,2-3,12-17H2,1H3,(H,23,25). The molecule has 2 aromatic carbocycles. The topological polar surface area (TPSA) is 50.8 Å². The number of benzene rings is 2. The van der Waals surface area contributed by atoms with Gasteiger partial charge in [0.2, 0.25) is 5.91 Å². The number of rotatable bonds is 8. The van der Waals surface area contributed by atoms with Gasteiger partial charge in [-0.15, -0.1) is 0 Å². The lowest BCUT2D eigenvalue weighted by molar-refractivity contribution is -0.116. The van der Waals surface area contributed by atoms with Crippen LogP contribution in [0.5, 0.6) is 5.75 Å². The highest BCUT2D eigenvalue weighted by Crippen LogP contribution is 2.14. The van der Waals surface area contributed by atoms with Crippen molar-refractivity contribution >= 4 is 11.6 Å². The number of ether oxygens (including phenoxy) is 2. The molecule has 1 aliphatic heterocycles. The summed E-state index contributed by atoms with van der Waals surface area (Å²) in [6.45, 7) is 7.07. The van der Waals surface area contributed by atoms with Crippen LogP contribution < -0.4 is 10.1 Å². The van der Waals surface area contributed by atoms with Crippen LogP contribution >= 0.6 is 0 Å². The SMILES string of the molecule is Cc1ccc(OCCCC(=O)Nc2ccc(CN3CCOCC3)cc2)cc1. The summed E-state index contributed by atoms with van der Waals surface area (Å²) in [4.78, 5) is 14.5. The number of carbonyl (C=O) groups is 1. The van der Waals surface area contributed by atoms with Crippen LogP contribution in [0.2, 0.25) is 0 Å². The Bertz CT molecular complexity index is 707. The lowest BCUT2D eigenvalue weighted by Gasteiger charge is -2.26. The molecule has 1 N–H and O–H groups in total. The summed E-state index contributed by atoms with van der Waals surface area (Å²) in [6, 6.07) is 16.0. The Morgan fingerprint density at radius 2 is 1.78 bits per heavy atom. The molecule has 0 aromatic heterocycles. The first kappa shape index (κ1) is 19.4. The molecule has 5 heteroatoms. The quantitative estimate of drug-likeness (QED) is 0.723.